The van der Waals surface area contributed by atoms with Crippen molar-refractivity contribution in [2.45, 2.75) is 25.2 Å². The lowest BCUT2D eigenvalue weighted by atomic mass is 10.1. The summed E-state index contributed by atoms with van der Waals surface area (Å²) >= 11 is 5.30. The molecule has 1 rings (SSSR count). The van der Waals surface area contributed by atoms with Gasteiger partial charge in [0.2, 0.25) is 0 Å². The minimum Gasteiger partial charge on any atom is -0.276 e. The number of carbonyl (C=O) groups is 1. The van der Waals surface area contributed by atoms with Gasteiger partial charge in [-0.05, 0) is 36.6 Å². The summed E-state index contributed by atoms with van der Waals surface area (Å²) in [6.07, 6.45) is 0.342. The highest BCUT2D eigenvalue weighted by molar-refractivity contribution is 7.91. The fourth-order valence-corrected chi connectivity index (χ4v) is 3.42. The largest absolute Gasteiger partial charge is 0.288 e. The van der Waals surface area contributed by atoms with Crippen molar-refractivity contribution >= 4 is 32.4 Å². The maximum absolute atomic E-state index is 12.0. The first-order chi connectivity index (χ1) is 8.70. The van der Waals surface area contributed by atoms with Gasteiger partial charge in [0.25, 0.3) is 10.9 Å². The van der Waals surface area contributed by atoms with Crippen LogP contribution in [0, 0.1) is 17.0 Å². The van der Waals surface area contributed by atoms with Gasteiger partial charge in [-0.25, -0.2) is 8.42 Å². The second kappa shape index (κ2) is 5.66. The van der Waals surface area contributed by atoms with Gasteiger partial charge >= 0.3 is 0 Å². The molecule has 0 atom stereocenters. The Morgan fingerprint density at radius 2 is 2.00 bits per heavy atom. The maximum Gasteiger partial charge on any atom is 0.288 e. The molecule has 0 aliphatic heterocycles. The van der Waals surface area contributed by atoms with Crippen molar-refractivity contribution in [3.63, 3.8) is 0 Å². The van der Waals surface area contributed by atoms with E-state index in [-0.39, 0.29) is 16.2 Å². The molecule has 0 unspecified atom stereocenters. The molecular weight excluding hydrogens is 294 g/mol. The lowest BCUT2D eigenvalue weighted by molar-refractivity contribution is -0.387. The molecule has 8 heteroatoms. The van der Waals surface area contributed by atoms with Crippen molar-refractivity contribution in [1.82, 2.24) is 0 Å². The monoisotopic (exact) mass is 305 g/mol. The molecule has 0 fully saturated rings. The summed E-state index contributed by atoms with van der Waals surface area (Å²) in [5.41, 5.74) is -0.396. The molecule has 0 radical (unpaired) electrons. The van der Waals surface area contributed by atoms with Gasteiger partial charge in [-0.2, -0.15) is 0 Å². The zero-order valence-electron chi connectivity index (χ0n) is 10.3. The van der Waals surface area contributed by atoms with Crippen molar-refractivity contribution in [3.05, 3.63) is 33.4 Å². The predicted molar refractivity (Wildman–Crippen MR) is 70.4 cm³/mol. The van der Waals surface area contributed by atoms with Crippen molar-refractivity contribution in [1.29, 1.82) is 0 Å². The summed E-state index contributed by atoms with van der Waals surface area (Å²) in [4.78, 5) is 20.9. The van der Waals surface area contributed by atoms with Gasteiger partial charge in [-0.3, -0.25) is 14.9 Å². The number of halogens is 1. The molecule has 104 valence electrons. The number of hydrogen-bond acceptors (Lipinski definition) is 5. The molecule has 0 N–H and O–H groups in total. The molecule has 0 saturated carbocycles. The Balaban J connectivity index is 3.62. The zero-order chi connectivity index (χ0) is 14.8. The van der Waals surface area contributed by atoms with Crippen LogP contribution in [0.4, 0.5) is 5.69 Å². The van der Waals surface area contributed by atoms with Gasteiger partial charge in [-0.15, -0.1) is 0 Å². The van der Waals surface area contributed by atoms with E-state index in [2.05, 4.69) is 0 Å². The van der Waals surface area contributed by atoms with Crippen LogP contribution in [-0.2, 0) is 9.84 Å². The van der Waals surface area contributed by atoms with Crippen LogP contribution in [-0.4, -0.2) is 24.3 Å². The number of rotatable bonds is 5. The molecular formula is C11H12ClNO5S. The van der Waals surface area contributed by atoms with Crippen molar-refractivity contribution in [2.75, 3.05) is 5.75 Å². The molecule has 0 spiro atoms. The van der Waals surface area contributed by atoms with Crippen LogP contribution in [0.3, 0.4) is 0 Å². The van der Waals surface area contributed by atoms with Crippen LogP contribution in [0.2, 0.25) is 0 Å². The van der Waals surface area contributed by atoms with E-state index in [4.69, 9.17) is 11.6 Å². The van der Waals surface area contributed by atoms with Gasteiger partial charge in [0.05, 0.1) is 10.7 Å². The SMILES string of the molecule is CCCS(=O)(=O)c1cc(C)c(C(=O)Cl)cc1[N+](=O)[O-]. The number of nitro benzene ring substituents is 1. The first-order valence-corrected chi connectivity index (χ1v) is 7.45. The van der Waals surface area contributed by atoms with Crippen LogP contribution < -0.4 is 0 Å². The lowest BCUT2D eigenvalue weighted by Gasteiger charge is -2.07. The minimum atomic E-state index is -3.75. The highest BCUT2D eigenvalue weighted by Crippen LogP contribution is 2.29. The average molecular weight is 306 g/mol. The lowest BCUT2D eigenvalue weighted by Crippen LogP contribution is -2.10. The summed E-state index contributed by atoms with van der Waals surface area (Å²) in [5.74, 6) is -0.193. The minimum absolute atomic E-state index is 0.0659. The van der Waals surface area contributed by atoms with E-state index < -0.39 is 25.7 Å². The number of nitrogens with zero attached hydrogens (tertiary/aromatic N) is 1. The van der Waals surface area contributed by atoms with E-state index >= 15 is 0 Å². The number of benzene rings is 1. The first-order valence-electron chi connectivity index (χ1n) is 5.42. The van der Waals surface area contributed by atoms with Gasteiger partial charge < -0.3 is 0 Å². The smallest absolute Gasteiger partial charge is 0.276 e. The number of hydrogen-bond donors (Lipinski definition) is 0. The summed E-state index contributed by atoms with van der Waals surface area (Å²) in [7, 11) is -3.75. The number of sulfone groups is 1. The van der Waals surface area contributed by atoms with Crippen LogP contribution in [0.15, 0.2) is 17.0 Å². The average Bonchev–Trinajstić information content (AvgIpc) is 2.27. The maximum atomic E-state index is 12.0. The second-order valence-corrected chi connectivity index (χ2v) is 6.41. The molecule has 6 nitrogen and oxygen atoms in total. The van der Waals surface area contributed by atoms with Crippen LogP contribution >= 0.6 is 11.6 Å². The standard InChI is InChI=1S/C11H12ClNO5S/c1-3-4-19(17,18)10-5-7(2)8(11(12)14)6-9(10)13(15)16/h5-6H,3-4H2,1-2H3. The predicted octanol–water partition coefficient (Wildman–Crippen LogP) is 2.47. The Morgan fingerprint density at radius 1 is 1.42 bits per heavy atom. The topological polar surface area (TPSA) is 94.3 Å². The van der Waals surface area contributed by atoms with E-state index in [0.717, 1.165) is 12.1 Å². The number of carbonyl (C=O) groups excluding carboxylic acids is 1. The van der Waals surface area contributed by atoms with Gasteiger partial charge in [-0.1, -0.05) is 6.92 Å². The number of aryl methyl sites for hydroxylation is 1. The molecule has 19 heavy (non-hydrogen) atoms. The molecule has 0 aliphatic rings. The summed E-state index contributed by atoms with van der Waals surface area (Å²) < 4.78 is 23.9. The highest BCUT2D eigenvalue weighted by atomic mass is 35.5. The molecule has 0 aromatic heterocycles. The van der Waals surface area contributed by atoms with Crippen LogP contribution in [0.5, 0.6) is 0 Å². The van der Waals surface area contributed by atoms with E-state index in [0.29, 0.717) is 12.0 Å². The Kier molecular flexibility index (Phi) is 4.65. The van der Waals surface area contributed by atoms with Crippen molar-refractivity contribution in [2.24, 2.45) is 0 Å². The van der Waals surface area contributed by atoms with E-state index in [1.54, 1.807) is 6.92 Å². The summed E-state index contributed by atoms with van der Waals surface area (Å²) in [6, 6.07) is 2.03. The Hall–Kier alpha value is -1.47. The summed E-state index contributed by atoms with van der Waals surface area (Å²) in [6.45, 7) is 3.14. The molecule has 1 aromatic carbocycles. The fourth-order valence-electron chi connectivity index (χ4n) is 1.65. The zero-order valence-corrected chi connectivity index (χ0v) is 11.9. The Bertz CT molecular complexity index is 639. The Morgan fingerprint density at radius 3 is 2.42 bits per heavy atom. The van der Waals surface area contributed by atoms with Gasteiger partial charge in [0.1, 0.15) is 4.90 Å². The first kappa shape index (κ1) is 15.6. The molecule has 0 heterocycles. The van der Waals surface area contributed by atoms with Crippen LogP contribution in [0.1, 0.15) is 29.3 Å². The molecule has 0 aliphatic carbocycles. The fraction of sp³-hybridized carbons (Fsp3) is 0.364. The highest BCUT2D eigenvalue weighted by Gasteiger charge is 2.27. The van der Waals surface area contributed by atoms with E-state index in [1.165, 1.54) is 6.92 Å². The molecule has 0 amide bonds. The van der Waals surface area contributed by atoms with Gasteiger partial charge in [0, 0.05) is 11.6 Å². The Labute approximate surface area is 115 Å². The third-order valence-electron chi connectivity index (χ3n) is 2.52. The third kappa shape index (κ3) is 3.30. The second-order valence-electron chi connectivity index (χ2n) is 3.98. The van der Waals surface area contributed by atoms with Gasteiger partial charge in [0.15, 0.2) is 9.84 Å². The number of nitro groups is 1. The van der Waals surface area contributed by atoms with E-state index in [9.17, 15) is 23.3 Å². The van der Waals surface area contributed by atoms with E-state index in [1.807, 2.05) is 0 Å². The molecule has 0 saturated heterocycles. The normalized spacial score (nSPS) is 11.3. The van der Waals surface area contributed by atoms with Crippen molar-refractivity contribution in [3.8, 4) is 0 Å². The van der Waals surface area contributed by atoms with Crippen LogP contribution in [0.25, 0.3) is 0 Å². The summed E-state index contributed by atoms with van der Waals surface area (Å²) in [5, 5.41) is 10.1. The van der Waals surface area contributed by atoms with Crippen molar-refractivity contribution < 1.29 is 18.1 Å². The molecule has 1 aromatic rings. The third-order valence-corrected chi connectivity index (χ3v) is 4.67. The quantitative estimate of drug-likeness (QED) is 0.473. The molecule has 0 bridgehead atoms.